The van der Waals surface area contributed by atoms with Crippen LogP contribution in [0.3, 0.4) is 0 Å². The summed E-state index contributed by atoms with van der Waals surface area (Å²) in [7, 11) is 0. The van der Waals surface area contributed by atoms with Crippen molar-refractivity contribution in [3.05, 3.63) is 0 Å². The highest BCUT2D eigenvalue weighted by Gasteiger charge is 2.40. The lowest BCUT2D eigenvalue weighted by Crippen LogP contribution is -2.57. The Balaban J connectivity index is 1.97. The van der Waals surface area contributed by atoms with Crippen molar-refractivity contribution in [2.45, 2.75) is 70.9 Å². The average Bonchev–Trinajstić information content (AvgIpc) is 2.97. The summed E-state index contributed by atoms with van der Waals surface area (Å²) in [6, 6.07) is 0. The monoisotopic (exact) mass is 282 g/mol. The van der Waals surface area contributed by atoms with Crippen LogP contribution in [0.4, 0.5) is 0 Å². The van der Waals surface area contributed by atoms with Crippen molar-refractivity contribution in [1.29, 1.82) is 0 Å². The van der Waals surface area contributed by atoms with Crippen LogP contribution in [0.25, 0.3) is 0 Å². The summed E-state index contributed by atoms with van der Waals surface area (Å²) < 4.78 is 5.84. The molecule has 2 N–H and O–H groups in total. The molecule has 3 heteroatoms. The summed E-state index contributed by atoms with van der Waals surface area (Å²) in [6.07, 6.45) is 8.13. The van der Waals surface area contributed by atoms with Crippen molar-refractivity contribution in [1.82, 2.24) is 4.90 Å². The average molecular weight is 282 g/mol. The Labute approximate surface area is 125 Å². The van der Waals surface area contributed by atoms with Crippen LogP contribution in [0.5, 0.6) is 0 Å². The van der Waals surface area contributed by atoms with Gasteiger partial charge in [-0.05, 0) is 56.9 Å². The van der Waals surface area contributed by atoms with E-state index in [-0.39, 0.29) is 5.54 Å². The first-order valence-electron chi connectivity index (χ1n) is 8.68. The zero-order valence-electron chi connectivity index (χ0n) is 13.7. The maximum absolute atomic E-state index is 6.23. The second kappa shape index (κ2) is 7.24. The van der Waals surface area contributed by atoms with Crippen molar-refractivity contribution >= 4 is 0 Å². The molecular formula is C17H34N2O. The number of likely N-dealkylation sites (N-methyl/N-ethyl adjacent to an activating group) is 1. The largest absolute Gasteiger partial charge is 0.377 e. The normalized spacial score (nSPS) is 35.1. The third kappa shape index (κ3) is 3.55. The van der Waals surface area contributed by atoms with Gasteiger partial charge in [0, 0.05) is 25.2 Å². The molecule has 2 aliphatic rings. The van der Waals surface area contributed by atoms with Gasteiger partial charge in [0.05, 0.1) is 6.10 Å². The first kappa shape index (κ1) is 16.3. The minimum absolute atomic E-state index is 0.242. The molecule has 0 spiro atoms. The molecule has 0 radical (unpaired) electrons. The summed E-state index contributed by atoms with van der Waals surface area (Å²) in [6.45, 7) is 10.9. The van der Waals surface area contributed by atoms with E-state index in [1.54, 1.807) is 0 Å². The van der Waals surface area contributed by atoms with Gasteiger partial charge in [0.1, 0.15) is 0 Å². The molecule has 1 saturated carbocycles. The molecule has 0 aromatic carbocycles. The standard InChI is InChI=1S/C17H34N2O/c1-4-19(12-16-6-5-11-20-16)17(13-18)9-7-15(8-10-17)14(2)3/h14-16H,4-13,18H2,1-3H3. The number of rotatable bonds is 6. The number of hydrogen-bond acceptors (Lipinski definition) is 3. The van der Waals surface area contributed by atoms with Crippen molar-refractivity contribution in [3.63, 3.8) is 0 Å². The molecule has 118 valence electrons. The molecule has 1 heterocycles. The summed E-state index contributed by atoms with van der Waals surface area (Å²) in [4.78, 5) is 2.64. The highest BCUT2D eigenvalue weighted by atomic mass is 16.5. The smallest absolute Gasteiger partial charge is 0.0703 e. The Kier molecular flexibility index (Phi) is 5.88. The van der Waals surface area contributed by atoms with Gasteiger partial charge in [-0.2, -0.15) is 0 Å². The topological polar surface area (TPSA) is 38.5 Å². The van der Waals surface area contributed by atoms with Crippen LogP contribution in [0.2, 0.25) is 0 Å². The summed E-state index contributed by atoms with van der Waals surface area (Å²) in [5.74, 6) is 1.72. The third-order valence-electron chi connectivity index (χ3n) is 5.78. The van der Waals surface area contributed by atoms with Gasteiger partial charge in [0.2, 0.25) is 0 Å². The van der Waals surface area contributed by atoms with Crippen LogP contribution in [0.1, 0.15) is 59.3 Å². The van der Waals surface area contributed by atoms with E-state index in [0.717, 1.165) is 38.1 Å². The van der Waals surface area contributed by atoms with Crippen LogP contribution >= 0.6 is 0 Å². The summed E-state index contributed by atoms with van der Waals surface area (Å²) in [5, 5.41) is 0. The maximum Gasteiger partial charge on any atom is 0.0703 e. The Morgan fingerprint density at radius 2 is 1.95 bits per heavy atom. The molecule has 20 heavy (non-hydrogen) atoms. The molecule has 3 nitrogen and oxygen atoms in total. The minimum atomic E-state index is 0.242. The number of nitrogens with two attached hydrogens (primary N) is 1. The molecule has 0 aromatic rings. The van der Waals surface area contributed by atoms with Gasteiger partial charge in [0.25, 0.3) is 0 Å². The lowest BCUT2D eigenvalue weighted by molar-refractivity contribution is -0.00412. The van der Waals surface area contributed by atoms with E-state index in [2.05, 4.69) is 25.7 Å². The molecule has 2 fully saturated rings. The van der Waals surface area contributed by atoms with Gasteiger partial charge < -0.3 is 10.5 Å². The van der Waals surface area contributed by atoms with Crippen molar-refractivity contribution in [3.8, 4) is 0 Å². The van der Waals surface area contributed by atoms with Crippen LogP contribution in [0.15, 0.2) is 0 Å². The molecule has 1 unspecified atom stereocenters. The highest BCUT2D eigenvalue weighted by molar-refractivity contribution is 4.97. The fraction of sp³-hybridized carbons (Fsp3) is 1.00. The van der Waals surface area contributed by atoms with Crippen molar-refractivity contribution < 1.29 is 4.74 Å². The summed E-state index contributed by atoms with van der Waals surface area (Å²) >= 11 is 0. The zero-order chi connectivity index (χ0) is 14.6. The highest BCUT2D eigenvalue weighted by Crippen LogP contribution is 2.39. The molecule has 0 bridgehead atoms. The molecule has 1 aliphatic carbocycles. The van der Waals surface area contributed by atoms with Gasteiger partial charge in [-0.15, -0.1) is 0 Å². The fourth-order valence-electron chi connectivity index (χ4n) is 4.19. The van der Waals surface area contributed by atoms with Crippen LogP contribution in [0, 0.1) is 11.8 Å². The van der Waals surface area contributed by atoms with Gasteiger partial charge >= 0.3 is 0 Å². The Morgan fingerprint density at radius 1 is 1.25 bits per heavy atom. The SMILES string of the molecule is CCN(CC1CCCO1)C1(CN)CCC(C(C)C)CC1. The van der Waals surface area contributed by atoms with Crippen LogP contribution < -0.4 is 5.73 Å². The van der Waals surface area contributed by atoms with E-state index in [1.165, 1.54) is 38.5 Å². The predicted molar refractivity (Wildman–Crippen MR) is 84.8 cm³/mol. The van der Waals surface area contributed by atoms with E-state index in [1.807, 2.05) is 0 Å². The zero-order valence-corrected chi connectivity index (χ0v) is 13.7. The van der Waals surface area contributed by atoms with Crippen molar-refractivity contribution in [2.24, 2.45) is 17.6 Å². The Hall–Kier alpha value is -0.120. The second-order valence-electron chi connectivity index (χ2n) is 7.18. The number of nitrogens with zero attached hydrogens (tertiary/aromatic N) is 1. The van der Waals surface area contributed by atoms with E-state index < -0.39 is 0 Å². The quantitative estimate of drug-likeness (QED) is 0.814. The molecule has 1 atom stereocenters. The first-order valence-corrected chi connectivity index (χ1v) is 8.68. The van der Waals surface area contributed by atoms with Gasteiger partial charge in [0.15, 0.2) is 0 Å². The minimum Gasteiger partial charge on any atom is -0.377 e. The van der Waals surface area contributed by atoms with Crippen LogP contribution in [-0.2, 0) is 4.74 Å². The number of hydrogen-bond donors (Lipinski definition) is 1. The van der Waals surface area contributed by atoms with Crippen molar-refractivity contribution in [2.75, 3.05) is 26.2 Å². The molecule has 2 rings (SSSR count). The Bertz CT molecular complexity index is 279. The molecule has 1 saturated heterocycles. The molecule has 1 aliphatic heterocycles. The maximum atomic E-state index is 6.23. The van der Waals surface area contributed by atoms with E-state index in [9.17, 15) is 0 Å². The van der Waals surface area contributed by atoms with E-state index in [0.29, 0.717) is 6.10 Å². The second-order valence-corrected chi connectivity index (χ2v) is 7.18. The molecule has 0 aromatic heterocycles. The third-order valence-corrected chi connectivity index (χ3v) is 5.78. The van der Waals surface area contributed by atoms with E-state index >= 15 is 0 Å². The van der Waals surface area contributed by atoms with Crippen LogP contribution in [-0.4, -0.2) is 42.8 Å². The lowest BCUT2D eigenvalue weighted by atomic mass is 9.72. The van der Waals surface area contributed by atoms with E-state index in [4.69, 9.17) is 10.5 Å². The predicted octanol–water partition coefficient (Wildman–Crippen LogP) is 3.03. The Morgan fingerprint density at radius 3 is 2.40 bits per heavy atom. The fourth-order valence-corrected chi connectivity index (χ4v) is 4.19. The molecular weight excluding hydrogens is 248 g/mol. The van der Waals surface area contributed by atoms with Gasteiger partial charge in [-0.25, -0.2) is 0 Å². The molecule has 0 amide bonds. The van der Waals surface area contributed by atoms with Gasteiger partial charge in [-0.3, -0.25) is 4.90 Å². The first-order chi connectivity index (χ1) is 9.61. The lowest BCUT2D eigenvalue weighted by Gasteiger charge is -2.48. The number of ether oxygens (including phenoxy) is 1. The summed E-state index contributed by atoms with van der Waals surface area (Å²) in [5.41, 5.74) is 6.47. The van der Waals surface area contributed by atoms with Gasteiger partial charge in [-0.1, -0.05) is 20.8 Å².